The normalized spacial score (nSPS) is 26.8. The molecule has 19 heavy (non-hydrogen) atoms. The molecule has 1 unspecified atom stereocenters. The van der Waals surface area contributed by atoms with Crippen LogP contribution in [0.1, 0.15) is 18.4 Å². The largest absolute Gasteiger partial charge is 0.454 e. The molecule has 2 fully saturated rings. The number of esters is 1. The molecule has 0 radical (unpaired) electrons. The third kappa shape index (κ3) is 1.94. The molecule has 1 amide bonds. The number of halogens is 2. The summed E-state index contributed by atoms with van der Waals surface area (Å²) in [5, 5.41) is 2.65. The van der Waals surface area contributed by atoms with Gasteiger partial charge in [0.15, 0.2) is 12.1 Å². The summed E-state index contributed by atoms with van der Waals surface area (Å²) >= 11 is 3.26. The molecular weight excluding hydrogens is 317 g/mol. The second kappa shape index (κ2) is 4.30. The minimum atomic E-state index is -1.37. The molecule has 0 aromatic heterocycles. The summed E-state index contributed by atoms with van der Waals surface area (Å²) < 4.78 is 19.7. The van der Waals surface area contributed by atoms with Gasteiger partial charge in [-0.05, 0) is 37.0 Å². The smallest absolute Gasteiger partial charge is 0.337 e. The lowest BCUT2D eigenvalue weighted by atomic mass is 9.83. The van der Waals surface area contributed by atoms with Gasteiger partial charge in [-0.3, -0.25) is 4.79 Å². The van der Waals surface area contributed by atoms with Gasteiger partial charge in [0.25, 0.3) is 5.91 Å². The van der Waals surface area contributed by atoms with Gasteiger partial charge in [-0.1, -0.05) is 15.9 Å². The van der Waals surface area contributed by atoms with Gasteiger partial charge >= 0.3 is 5.97 Å². The van der Waals surface area contributed by atoms with Gasteiger partial charge in [-0.2, -0.15) is 0 Å². The van der Waals surface area contributed by atoms with Crippen LogP contribution in [0.5, 0.6) is 0 Å². The topological polar surface area (TPSA) is 55.4 Å². The molecule has 6 heteroatoms. The van der Waals surface area contributed by atoms with E-state index in [9.17, 15) is 14.0 Å². The number of amides is 1. The van der Waals surface area contributed by atoms with E-state index in [0.29, 0.717) is 4.47 Å². The number of ether oxygens (including phenoxy) is 1. The van der Waals surface area contributed by atoms with Crippen molar-refractivity contribution in [3.8, 4) is 0 Å². The minimum Gasteiger partial charge on any atom is -0.454 e. The van der Waals surface area contributed by atoms with E-state index in [-0.39, 0.29) is 18.1 Å². The highest BCUT2D eigenvalue weighted by molar-refractivity contribution is 9.10. The van der Waals surface area contributed by atoms with Crippen LogP contribution < -0.4 is 5.32 Å². The number of cyclic esters (lactones) is 1. The number of carbonyl (C=O) groups is 2. The van der Waals surface area contributed by atoms with Crippen molar-refractivity contribution in [1.29, 1.82) is 0 Å². The van der Waals surface area contributed by atoms with Crippen LogP contribution in [0.3, 0.4) is 0 Å². The third-order valence-corrected chi connectivity index (χ3v) is 4.03. The zero-order valence-electron chi connectivity index (χ0n) is 9.91. The minimum absolute atomic E-state index is 0.104. The van der Waals surface area contributed by atoms with Crippen molar-refractivity contribution in [2.24, 2.45) is 5.92 Å². The number of morpholine rings is 1. The summed E-state index contributed by atoms with van der Waals surface area (Å²) in [6.07, 6.45) is 1.53. The molecule has 1 aromatic rings. The average Bonchev–Trinajstić information content (AvgIpc) is 3.20. The van der Waals surface area contributed by atoms with Crippen LogP contribution in [0.25, 0.3) is 0 Å². The molecule has 1 saturated heterocycles. The zero-order valence-corrected chi connectivity index (χ0v) is 11.5. The molecule has 1 atom stereocenters. The summed E-state index contributed by atoms with van der Waals surface area (Å²) in [6, 6.07) is 4.35. The van der Waals surface area contributed by atoms with Gasteiger partial charge in [-0.15, -0.1) is 0 Å². The Hall–Kier alpha value is -1.43. The lowest BCUT2D eigenvalue weighted by Gasteiger charge is -2.36. The molecule has 1 aliphatic heterocycles. The SMILES string of the molecule is O=C1COC(=O)C(c2cc(Br)ccc2F)(C2CC2)N1. The van der Waals surface area contributed by atoms with Gasteiger partial charge in [-0.25, -0.2) is 9.18 Å². The zero-order chi connectivity index (χ0) is 13.6. The summed E-state index contributed by atoms with van der Waals surface area (Å²) in [6.45, 7) is -0.303. The summed E-state index contributed by atoms with van der Waals surface area (Å²) in [5.41, 5.74) is -1.20. The van der Waals surface area contributed by atoms with Crippen LogP contribution in [-0.4, -0.2) is 18.5 Å². The van der Waals surface area contributed by atoms with Crippen molar-refractivity contribution in [2.75, 3.05) is 6.61 Å². The van der Waals surface area contributed by atoms with E-state index in [4.69, 9.17) is 4.74 Å². The monoisotopic (exact) mass is 327 g/mol. The molecule has 1 aromatic carbocycles. The molecule has 1 heterocycles. The Morgan fingerprint density at radius 3 is 2.79 bits per heavy atom. The van der Waals surface area contributed by atoms with Gasteiger partial charge in [0.1, 0.15) is 5.82 Å². The maximum Gasteiger partial charge on any atom is 0.337 e. The van der Waals surface area contributed by atoms with Crippen LogP contribution in [0.15, 0.2) is 22.7 Å². The van der Waals surface area contributed by atoms with Crippen LogP contribution in [0.2, 0.25) is 0 Å². The Morgan fingerprint density at radius 1 is 1.37 bits per heavy atom. The van der Waals surface area contributed by atoms with Crippen molar-refractivity contribution in [1.82, 2.24) is 5.32 Å². The molecule has 1 N–H and O–H groups in total. The van der Waals surface area contributed by atoms with E-state index < -0.39 is 23.2 Å². The molecule has 100 valence electrons. The number of nitrogens with one attached hydrogen (secondary N) is 1. The predicted molar refractivity (Wildman–Crippen MR) is 67.6 cm³/mol. The highest BCUT2D eigenvalue weighted by atomic mass is 79.9. The van der Waals surface area contributed by atoms with E-state index in [1.165, 1.54) is 12.1 Å². The average molecular weight is 328 g/mol. The Kier molecular flexibility index (Phi) is 2.85. The van der Waals surface area contributed by atoms with Crippen LogP contribution >= 0.6 is 15.9 Å². The summed E-state index contributed by atoms with van der Waals surface area (Å²) in [7, 11) is 0. The van der Waals surface area contributed by atoms with Crippen molar-refractivity contribution in [3.05, 3.63) is 34.1 Å². The molecule has 0 bridgehead atoms. The number of benzene rings is 1. The molecule has 1 aliphatic carbocycles. The molecular formula is C13H11BrFNO3. The van der Waals surface area contributed by atoms with E-state index in [0.717, 1.165) is 12.8 Å². The van der Waals surface area contributed by atoms with Crippen molar-refractivity contribution < 1.29 is 18.7 Å². The Balaban J connectivity index is 2.16. The first-order valence-electron chi connectivity index (χ1n) is 5.98. The number of hydrogen-bond acceptors (Lipinski definition) is 3. The summed E-state index contributed by atoms with van der Waals surface area (Å²) in [5.74, 6) is -1.60. The Bertz CT molecular complexity index is 573. The fraction of sp³-hybridized carbons (Fsp3) is 0.385. The van der Waals surface area contributed by atoms with Gasteiger partial charge in [0.05, 0.1) is 0 Å². The maximum absolute atomic E-state index is 14.1. The molecule has 2 aliphatic rings. The fourth-order valence-corrected chi connectivity index (χ4v) is 2.90. The second-order valence-electron chi connectivity index (χ2n) is 4.83. The first kappa shape index (κ1) is 12.6. The molecule has 3 rings (SSSR count). The standard InChI is InChI=1S/C13H11BrFNO3/c14-8-3-4-10(15)9(5-8)13(7-1-2-7)12(18)19-6-11(17)16-13/h3-5,7H,1-2,6H2,(H,16,17). The fourth-order valence-electron chi connectivity index (χ4n) is 2.53. The number of hydrogen-bond donors (Lipinski definition) is 1. The van der Waals surface area contributed by atoms with Gasteiger partial charge in [0, 0.05) is 10.0 Å². The molecule has 0 spiro atoms. The second-order valence-corrected chi connectivity index (χ2v) is 5.75. The quantitative estimate of drug-likeness (QED) is 0.844. The Labute approximate surface area is 117 Å². The Morgan fingerprint density at radius 2 is 2.11 bits per heavy atom. The van der Waals surface area contributed by atoms with E-state index in [1.54, 1.807) is 6.07 Å². The highest BCUT2D eigenvalue weighted by Crippen LogP contribution is 2.48. The lowest BCUT2D eigenvalue weighted by molar-refractivity contribution is -0.166. The van der Waals surface area contributed by atoms with E-state index >= 15 is 0 Å². The number of rotatable bonds is 2. The van der Waals surface area contributed by atoms with Gasteiger partial charge in [0.2, 0.25) is 0 Å². The lowest BCUT2D eigenvalue weighted by Crippen LogP contribution is -2.59. The van der Waals surface area contributed by atoms with Crippen LogP contribution in [-0.2, 0) is 19.9 Å². The van der Waals surface area contributed by atoms with E-state index in [1.807, 2.05) is 0 Å². The van der Waals surface area contributed by atoms with Crippen molar-refractivity contribution in [3.63, 3.8) is 0 Å². The van der Waals surface area contributed by atoms with E-state index in [2.05, 4.69) is 21.2 Å². The first-order chi connectivity index (χ1) is 9.04. The predicted octanol–water partition coefficient (Wildman–Crippen LogP) is 1.87. The summed E-state index contributed by atoms with van der Waals surface area (Å²) in [4.78, 5) is 23.8. The third-order valence-electron chi connectivity index (χ3n) is 3.54. The van der Waals surface area contributed by atoms with Crippen LogP contribution in [0, 0.1) is 11.7 Å². The first-order valence-corrected chi connectivity index (χ1v) is 6.77. The number of carbonyl (C=O) groups excluding carboxylic acids is 2. The molecule has 1 saturated carbocycles. The highest BCUT2D eigenvalue weighted by Gasteiger charge is 2.57. The van der Waals surface area contributed by atoms with Crippen LogP contribution in [0.4, 0.5) is 4.39 Å². The molecule has 4 nitrogen and oxygen atoms in total. The van der Waals surface area contributed by atoms with Gasteiger partial charge < -0.3 is 10.1 Å². The van der Waals surface area contributed by atoms with Crippen molar-refractivity contribution in [2.45, 2.75) is 18.4 Å². The maximum atomic E-state index is 14.1. The van der Waals surface area contributed by atoms with Crippen molar-refractivity contribution >= 4 is 27.8 Å².